The molecule has 102 valence electrons. The number of carbonyl (C=O) groups is 1. The first-order valence-corrected chi connectivity index (χ1v) is 7.08. The number of methoxy groups -OCH3 is 1. The minimum Gasteiger partial charge on any atom is -0.497 e. The molecule has 20 heavy (non-hydrogen) atoms. The summed E-state index contributed by atoms with van der Waals surface area (Å²) in [5.74, 6) is 0.732. The van der Waals surface area contributed by atoms with Crippen LogP contribution in [0, 0.1) is 6.92 Å². The van der Waals surface area contributed by atoms with Crippen molar-refractivity contribution in [3.63, 3.8) is 0 Å². The molecule has 1 aliphatic rings. The highest BCUT2D eigenvalue weighted by Crippen LogP contribution is 2.31. The molecule has 5 heteroatoms. The smallest absolute Gasteiger partial charge is 0.246 e. The highest BCUT2D eigenvalue weighted by atomic mass is 32.1. The monoisotopic (exact) mass is 286 g/mol. The number of hydrogen-bond donors (Lipinski definition) is 1. The quantitative estimate of drug-likeness (QED) is 0.923. The average molecular weight is 286 g/mol. The van der Waals surface area contributed by atoms with E-state index in [4.69, 9.17) is 4.74 Å². The van der Waals surface area contributed by atoms with Crippen LogP contribution in [0.5, 0.6) is 5.75 Å². The van der Waals surface area contributed by atoms with E-state index in [1.54, 1.807) is 18.4 Å². The van der Waals surface area contributed by atoms with Crippen molar-refractivity contribution < 1.29 is 9.53 Å². The number of nitrogens with zero attached hydrogens (tertiary/aromatic N) is 1. The van der Waals surface area contributed by atoms with Gasteiger partial charge in [-0.2, -0.15) is 0 Å². The van der Waals surface area contributed by atoms with Gasteiger partial charge in [-0.05, 0) is 37.3 Å². The lowest BCUT2D eigenvalue weighted by Gasteiger charge is -2.06. The molecule has 1 aliphatic heterocycles. The summed E-state index contributed by atoms with van der Waals surface area (Å²) in [7, 11) is 1.64. The van der Waals surface area contributed by atoms with Crippen molar-refractivity contribution in [1.29, 1.82) is 0 Å². The Hall–Kier alpha value is -2.14. The number of rotatable bonds is 2. The number of ether oxygens (including phenoxy) is 1. The van der Waals surface area contributed by atoms with Gasteiger partial charge in [0.15, 0.2) is 0 Å². The SMILES string of the molecule is COc1ccc(C2=NCC(=O)Nc3sc(C)cc32)cc1. The van der Waals surface area contributed by atoms with Gasteiger partial charge in [-0.3, -0.25) is 9.79 Å². The van der Waals surface area contributed by atoms with E-state index in [0.29, 0.717) is 0 Å². The first kappa shape index (κ1) is 12.9. The van der Waals surface area contributed by atoms with Crippen LogP contribution in [0.2, 0.25) is 0 Å². The molecule has 1 aromatic carbocycles. The summed E-state index contributed by atoms with van der Waals surface area (Å²) >= 11 is 1.58. The molecular weight excluding hydrogens is 272 g/mol. The number of thiophene rings is 1. The Balaban J connectivity index is 2.08. The standard InChI is InChI=1S/C15H14N2O2S/c1-9-7-12-14(10-3-5-11(19-2)6-4-10)16-8-13(18)17-15(12)20-9/h3-7H,8H2,1-2H3,(H,17,18). The molecule has 0 atom stereocenters. The Bertz CT molecular complexity index is 686. The molecule has 0 saturated carbocycles. The number of hydrogen-bond acceptors (Lipinski definition) is 4. The third-order valence-corrected chi connectivity index (χ3v) is 4.07. The normalized spacial score (nSPS) is 14.1. The van der Waals surface area contributed by atoms with Crippen LogP contribution in [-0.2, 0) is 4.79 Å². The Morgan fingerprint density at radius 3 is 2.75 bits per heavy atom. The van der Waals surface area contributed by atoms with E-state index in [9.17, 15) is 4.79 Å². The predicted octanol–water partition coefficient (Wildman–Crippen LogP) is 2.85. The topological polar surface area (TPSA) is 50.7 Å². The molecule has 2 aromatic rings. The zero-order valence-electron chi connectivity index (χ0n) is 11.3. The fraction of sp³-hybridized carbons (Fsp3) is 0.200. The number of anilines is 1. The molecule has 1 amide bonds. The van der Waals surface area contributed by atoms with E-state index in [1.165, 1.54) is 0 Å². The maximum Gasteiger partial charge on any atom is 0.246 e. The lowest BCUT2D eigenvalue weighted by Crippen LogP contribution is -2.12. The Morgan fingerprint density at radius 2 is 2.05 bits per heavy atom. The Morgan fingerprint density at radius 1 is 1.30 bits per heavy atom. The van der Waals surface area contributed by atoms with E-state index in [-0.39, 0.29) is 12.5 Å². The molecule has 0 fully saturated rings. The summed E-state index contributed by atoms with van der Waals surface area (Å²) in [6.07, 6.45) is 0. The fourth-order valence-electron chi connectivity index (χ4n) is 2.18. The van der Waals surface area contributed by atoms with Crippen LogP contribution < -0.4 is 10.1 Å². The number of carbonyl (C=O) groups excluding carboxylic acids is 1. The van der Waals surface area contributed by atoms with Crippen molar-refractivity contribution in [2.45, 2.75) is 6.92 Å². The molecule has 4 nitrogen and oxygen atoms in total. The van der Waals surface area contributed by atoms with Gasteiger partial charge in [-0.1, -0.05) is 0 Å². The number of benzene rings is 1. The van der Waals surface area contributed by atoms with E-state index in [2.05, 4.69) is 16.4 Å². The molecule has 1 N–H and O–H groups in total. The van der Waals surface area contributed by atoms with Gasteiger partial charge in [-0.25, -0.2) is 0 Å². The summed E-state index contributed by atoms with van der Waals surface area (Å²) in [6, 6.07) is 9.79. The molecular formula is C15H14N2O2S. The summed E-state index contributed by atoms with van der Waals surface area (Å²) in [5, 5.41) is 3.78. The summed E-state index contributed by atoms with van der Waals surface area (Å²) in [5.41, 5.74) is 2.83. The zero-order valence-corrected chi connectivity index (χ0v) is 12.1. The second-order valence-electron chi connectivity index (χ2n) is 4.54. The Labute approximate surface area is 121 Å². The molecule has 0 aliphatic carbocycles. The van der Waals surface area contributed by atoms with Crippen LogP contribution in [0.25, 0.3) is 0 Å². The van der Waals surface area contributed by atoms with Crippen molar-refractivity contribution >= 4 is 28.0 Å². The van der Waals surface area contributed by atoms with Gasteiger partial charge in [-0.15, -0.1) is 11.3 Å². The first-order valence-electron chi connectivity index (χ1n) is 6.27. The molecule has 0 unspecified atom stereocenters. The van der Waals surface area contributed by atoms with Gasteiger partial charge >= 0.3 is 0 Å². The lowest BCUT2D eigenvalue weighted by molar-refractivity contribution is -0.114. The third-order valence-electron chi connectivity index (χ3n) is 3.11. The van der Waals surface area contributed by atoms with Crippen LogP contribution in [0.3, 0.4) is 0 Å². The molecule has 0 spiro atoms. The number of fused-ring (bicyclic) bond motifs is 1. The molecule has 1 aromatic heterocycles. The third kappa shape index (κ3) is 2.32. The van der Waals surface area contributed by atoms with E-state index >= 15 is 0 Å². The fourth-order valence-corrected chi connectivity index (χ4v) is 3.11. The van der Waals surface area contributed by atoms with Crippen LogP contribution in [0.15, 0.2) is 35.3 Å². The number of amides is 1. The number of nitrogens with one attached hydrogen (secondary N) is 1. The van der Waals surface area contributed by atoms with Crippen molar-refractivity contribution in [3.8, 4) is 5.75 Å². The summed E-state index contributed by atoms with van der Waals surface area (Å²) < 4.78 is 5.17. The van der Waals surface area contributed by atoms with Crippen LogP contribution in [0.4, 0.5) is 5.00 Å². The van der Waals surface area contributed by atoms with Gasteiger partial charge in [0.05, 0.1) is 12.8 Å². The Kier molecular flexibility index (Phi) is 3.28. The molecule has 0 saturated heterocycles. The molecule has 0 bridgehead atoms. The van der Waals surface area contributed by atoms with E-state index in [1.807, 2.05) is 31.2 Å². The van der Waals surface area contributed by atoms with Crippen molar-refractivity contribution in [2.75, 3.05) is 19.0 Å². The molecule has 0 radical (unpaired) electrons. The number of aliphatic imine (C=N–C) groups is 1. The van der Waals surface area contributed by atoms with Crippen molar-refractivity contribution in [2.24, 2.45) is 4.99 Å². The van der Waals surface area contributed by atoms with Crippen LogP contribution >= 0.6 is 11.3 Å². The van der Waals surface area contributed by atoms with Gasteiger partial charge in [0.1, 0.15) is 17.3 Å². The van der Waals surface area contributed by atoms with Crippen LogP contribution in [-0.4, -0.2) is 25.3 Å². The highest BCUT2D eigenvalue weighted by molar-refractivity contribution is 7.16. The second-order valence-corrected chi connectivity index (χ2v) is 5.80. The maximum atomic E-state index is 11.7. The van der Waals surface area contributed by atoms with Gasteiger partial charge in [0.2, 0.25) is 5.91 Å². The minimum atomic E-state index is -0.0726. The maximum absolute atomic E-state index is 11.7. The summed E-state index contributed by atoms with van der Waals surface area (Å²) in [6.45, 7) is 2.18. The zero-order chi connectivity index (χ0) is 14.1. The second kappa shape index (κ2) is 5.09. The highest BCUT2D eigenvalue weighted by Gasteiger charge is 2.20. The number of aryl methyl sites for hydroxylation is 1. The largest absolute Gasteiger partial charge is 0.497 e. The first-order chi connectivity index (χ1) is 9.67. The van der Waals surface area contributed by atoms with Gasteiger partial charge < -0.3 is 10.1 Å². The van der Waals surface area contributed by atoms with E-state index < -0.39 is 0 Å². The molecule has 2 heterocycles. The minimum absolute atomic E-state index is 0.0726. The predicted molar refractivity (Wildman–Crippen MR) is 81.2 cm³/mol. The average Bonchev–Trinajstić information content (AvgIpc) is 2.73. The van der Waals surface area contributed by atoms with Crippen LogP contribution in [0.1, 0.15) is 16.0 Å². The van der Waals surface area contributed by atoms with Crippen molar-refractivity contribution in [3.05, 3.63) is 46.3 Å². The summed E-state index contributed by atoms with van der Waals surface area (Å²) in [4.78, 5) is 17.3. The van der Waals surface area contributed by atoms with Crippen molar-refractivity contribution in [1.82, 2.24) is 0 Å². The molecule has 3 rings (SSSR count). The van der Waals surface area contributed by atoms with Gasteiger partial charge in [0, 0.05) is 16.0 Å². The van der Waals surface area contributed by atoms with E-state index in [0.717, 1.165) is 32.5 Å². The van der Waals surface area contributed by atoms with Gasteiger partial charge in [0.25, 0.3) is 0 Å². The lowest BCUT2D eigenvalue weighted by atomic mass is 10.0.